The monoisotopic (exact) mass is 399 g/mol. The molecule has 0 aliphatic carbocycles. The average Bonchev–Trinajstić information content (AvgIpc) is 3.25. The quantitative estimate of drug-likeness (QED) is 0.539. The summed E-state index contributed by atoms with van der Waals surface area (Å²) in [5.74, 6) is 1.53. The number of unbranched alkanes of at least 4 members (excludes halogenated alkanes) is 1. The SMILES string of the molecule is O=C(NCCCCOc1ccc(Cl)cc1)NCc1ccc(-n2cccn2)nc1. The van der Waals surface area contributed by atoms with Gasteiger partial charge in [0.25, 0.3) is 0 Å². The number of aromatic nitrogens is 3. The molecule has 2 amide bonds. The normalized spacial score (nSPS) is 10.5. The van der Waals surface area contributed by atoms with Crippen LogP contribution in [-0.2, 0) is 6.54 Å². The lowest BCUT2D eigenvalue weighted by atomic mass is 10.3. The third-order valence-electron chi connectivity index (χ3n) is 3.94. The molecule has 3 rings (SSSR count). The molecule has 0 spiro atoms. The largest absolute Gasteiger partial charge is 0.494 e. The van der Waals surface area contributed by atoms with Gasteiger partial charge in [-0.15, -0.1) is 0 Å². The molecule has 2 N–H and O–H groups in total. The van der Waals surface area contributed by atoms with Gasteiger partial charge in [0.15, 0.2) is 5.82 Å². The summed E-state index contributed by atoms with van der Waals surface area (Å²) < 4.78 is 7.29. The van der Waals surface area contributed by atoms with E-state index in [0.29, 0.717) is 24.7 Å². The van der Waals surface area contributed by atoms with Gasteiger partial charge in [0.05, 0.1) is 6.61 Å². The lowest BCUT2D eigenvalue weighted by Gasteiger charge is -2.09. The first-order valence-corrected chi connectivity index (χ1v) is 9.43. The maximum Gasteiger partial charge on any atom is 0.315 e. The predicted molar refractivity (Wildman–Crippen MR) is 108 cm³/mol. The molecule has 0 unspecified atom stereocenters. The molecule has 1 aromatic carbocycles. The first-order valence-electron chi connectivity index (χ1n) is 9.06. The van der Waals surface area contributed by atoms with E-state index in [9.17, 15) is 4.79 Å². The van der Waals surface area contributed by atoms with Crippen molar-refractivity contribution in [3.63, 3.8) is 0 Å². The Bertz CT molecular complexity index is 851. The Morgan fingerprint density at radius 3 is 2.68 bits per heavy atom. The fourth-order valence-corrected chi connectivity index (χ4v) is 2.58. The van der Waals surface area contributed by atoms with Gasteiger partial charge in [-0.1, -0.05) is 17.7 Å². The highest BCUT2D eigenvalue weighted by molar-refractivity contribution is 6.30. The number of nitrogens with zero attached hydrogens (tertiary/aromatic N) is 3. The van der Waals surface area contributed by atoms with Crippen LogP contribution in [0.2, 0.25) is 5.02 Å². The van der Waals surface area contributed by atoms with Crippen LogP contribution in [0, 0.1) is 0 Å². The van der Waals surface area contributed by atoms with E-state index in [1.807, 2.05) is 36.5 Å². The van der Waals surface area contributed by atoms with Gasteiger partial charge in [-0.2, -0.15) is 5.10 Å². The van der Waals surface area contributed by atoms with Crippen molar-refractivity contribution in [2.45, 2.75) is 19.4 Å². The fourth-order valence-electron chi connectivity index (χ4n) is 2.46. The van der Waals surface area contributed by atoms with Gasteiger partial charge in [0, 0.05) is 36.7 Å². The Balaban J connectivity index is 1.27. The number of hydrogen-bond donors (Lipinski definition) is 2. The maximum atomic E-state index is 11.9. The van der Waals surface area contributed by atoms with Gasteiger partial charge in [-0.3, -0.25) is 0 Å². The highest BCUT2D eigenvalue weighted by Crippen LogP contribution is 2.15. The highest BCUT2D eigenvalue weighted by Gasteiger charge is 2.02. The summed E-state index contributed by atoms with van der Waals surface area (Å²) in [5, 5.41) is 10.5. The van der Waals surface area contributed by atoms with Crippen molar-refractivity contribution in [1.29, 1.82) is 0 Å². The van der Waals surface area contributed by atoms with Gasteiger partial charge in [0.1, 0.15) is 5.75 Å². The average molecular weight is 400 g/mol. The zero-order valence-corrected chi connectivity index (χ0v) is 16.1. The lowest BCUT2D eigenvalue weighted by molar-refractivity contribution is 0.239. The number of carbonyl (C=O) groups excluding carboxylic acids is 1. The van der Waals surface area contributed by atoms with Crippen LogP contribution in [0.5, 0.6) is 5.75 Å². The van der Waals surface area contributed by atoms with Crippen LogP contribution in [0.4, 0.5) is 4.79 Å². The number of rotatable bonds is 9. The van der Waals surface area contributed by atoms with Crippen molar-refractivity contribution in [2.75, 3.05) is 13.2 Å². The molecule has 0 fully saturated rings. The van der Waals surface area contributed by atoms with E-state index in [-0.39, 0.29) is 6.03 Å². The van der Waals surface area contributed by atoms with Gasteiger partial charge < -0.3 is 15.4 Å². The van der Waals surface area contributed by atoms with Gasteiger partial charge in [0.2, 0.25) is 0 Å². The Labute approximate surface area is 168 Å². The lowest BCUT2D eigenvalue weighted by Crippen LogP contribution is -2.35. The molecule has 0 bridgehead atoms. The number of pyridine rings is 1. The van der Waals surface area contributed by atoms with Crippen molar-refractivity contribution in [3.05, 3.63) is 71.6 Å². The molecule has 7 nitrogen and oxygen atoms in total. The van der Waals surface area contributed by atoms with Crippen molar-refractivity contribution >= 4 is 17.6 Å². The molecule has 2 aromatic heterocycles. The Kier molecular flexibility index (Phi) is 7.26. The molecule has 0 saturated heterocycles. The van der Waals surface area contributed by atoms with Crippen molar-refractivity contribution < 1.29 is 9.53 Å². The number of carbonyl (C=O) groups is 1. The third kappa shape index (κ3) is 6.28. The van der Waals surface area contributed by atoms with E-state index in [1.165, 1.54) is 0 Å². The number of nitrogens with one attached hydrogen (secondary N) is 2. The molecule has 8 heteroatoms. The molecular weight excluding hydrogens is 378 g/mol. The van der Waals surface area contributed by atoms with Crippen LogP contribution >= 0.6 is 11.6 Å². The Morgan fingerprint density at radius 1 is 1.11 bits per heavy atom. The molecule has 146 valence electrons. The standard InChI is InChI=1S/C20H22ClN5O2/c21-17-5-7-18(8-6-17)28-13-2-1-10-22-20(27)24-15-16-4-9-19(23-14-16)26-12-3-11-25-26/h3-9,11-12,14H,1-2,10,13,15H2,(H2,22,24,27). The van der Waals surface area contributed by atoms with Gasteiger partial charge in [-0.05, 0) is 54.8 Å². The van der Waals surface area contributed by atoms with Crippen LogP contribution in [0.1, 0.15) is 18.4 Å². The van der Waals surface area contributed by atoms with Crippen molar-refractivity contribution in [2.24, 2.45) is 0 Å². The number of halogens is 1. The Morgan fingerprint density at radius 2 is 1.96 bits per heavy atom. The zero-order valence-electron chi connectivity index (χ0n) is 15.3. The zero-order chi connectivity index (χ0) is 19.6. The van der Waals surface area contributed by atoms with Crippen molar-refractivity contribution in [1.82, 2.24) is 25.4 Å². The second-order valence-electron chi connectivity index (χ2n) is 6.09. The van der Waals surface area contributed by atoms with Crippen LogP contribution < -0.4 is 15.4 Å². The predicted octanol–water partition coefficient (Wildman–Crippen LogP) is 3.58. The minimum Gasteiger partial charge on any atom is -0.494 e. The number of hydrogen-bond acceptors (Lipinski definition) is 4. The molecule has 0 saturated carbocycles. The number of urea groups is 1. The van der Waals surface area contributed by atoms with Crippen molar-refractivity contribution in [3.8, 4) is 11.6 Å². The number of benzene rings is 1. The Hall–Kier alpha value is -3.06. The van der Waals surface area contributed by atoms with E-state index in [1.54, 1.807) is 29.2 Å². The van der Waals surface area contributed by atoms with E-state index >= 15 is 0 Å². The van der Waals surface area contributed by atoms with Crippen LogP contribution in [0.15, 0.2) is 61.1 Å². The minimum absolute atomic E-state index is 0.199. The summed E-state index contributed by atoms with van der Waals surface area (Å²) in [5.41, 5.74) is 0.919. The molecule has 28 heavy (non-hydrogen) atoms. The second kappa shape index (κ2) is 10.3. The minimum atomic E-state index is -0.199. The molecule has 2 heterocycles. The molecule has 0 atom stereocenters. The maximum absolute atomic E-state index is 11.9. The number of amides is 2. The van der Waals surface area contributed by atoms with E-state index < -0.39 is 0 Å². The molecular formula is C20H22ClN5O2. The highest BCUT2D eigenvalue weighted by atomic mass is 35.5. The van der Waals surface area contributed by atoms with E-state index in [2.05, 4.69) is 20.7 Å². The van der Waals surface area contributed by atoms with Crippen LogP contribution in [-0.4, -0.2) is 33.9 Å². The summed E-state index contributed by atoms with van der Waals surface area (Å²) in [6.07, 6.45) is 6.94. The molecule has 0 aliphatic rings. The van der Waals surface area contributed by atoms with Gasteiger partial charge >= 0.3 is 6.03 Å². The third-order valence-corrected chi connectivity index (χ3v) is 4.19. The fraction of sp³-hybridized carbons (Fsp3) is 0.250. The van der Waals surface area contributed by atoms with E-state index in [0.717, 1.165) is 30.0 Å². The first kappa shape index (κ1) is 19.7. The second-order valence-corrected chi connectivity index (χ2v) is 6.53. The van der Waals surface area contributed by atoms with E-state index in [4.69, 9.17) is 16.3 Å². The summed E-state index contributed by atoms with van der Waals surface area (Å²) in [6, 6.07) is 12.7. The topological polar surface area (TPSA) is 81.1 Å². The summed E-state index contributed by atoms with van der Waals surface area (Å²) in [4.78, 5) is 16.2. The number of ether oxygens (including phenoxy) is 1. The summed E-state index contributed by atoms with van der Waals surface area (Å²) >= 11 is 5.83. The first-order chi connectivity index (χ1) is 13.7. The summed E-state index contributed by atoms with van der Waals surface area (Å²) in [7, 11) is 0. The summed E-state index contributed by atoms with van der Waals surface area (Å²) in [6.45, 7) is 1.60. The molecule has 3 aromatic rings. The smallest absolute Gasteiger partial charge is 0.315 e. The van der Waals surface area contributed by atoms with Gasteiger partial charge in [-0.25, -0.2) is 14.5 Å². The van der Waals surface area contributed by atoms with Crippen LogP contribution in [0.3, 0.4) is 0 Å². The molecule has 0 radical (unpaired) electrons. The van der Waals surface area contributed by atoms with Crippen LogP contribution in [0.25, 0.3) is 5.82 Å². The molecule has 0 aliphatic heterocycles.